The summed E-state index contributed by atoms with van der Waals surface area (Å²) in [5.41, 5.74) is 5.18. The van der Waals surface area contributed by atoms with Crippen molar-refractivity contribution >= 4 is 17.3 Å². The third-order valence-electron chi connectivity index (χ3n) is 3.69. The van der Waals surface area contributed by atoms with Crippen molar-refractivity contribution < 1.29 is 4.42 Å². The molecule has 0 saturated carbocycles. The average Bonchev–Trinajstić information content (AvgIpc) is 2.95. The summed E-state index contributed by atoms with van der Waals surface area (Å²) in [6.07, 6.45) is 0. The second-order valence-corrected chi connectivity index (χ2v) is 6.02. The third kappa shape index (κ3) is 3.37. The van der Waals surface area contributed by atoms with Gasteiger partial charge in [-0.3, -0.25) is 0 Å². The molecule has 0 aliphatic rings. The van der Waals surface area contributed by atoms with Gasteiger partial charge < -0.3 is 9.73 Å². The second kappa shape index (κ2) is 6.42. The lowest BCUT2D eigenvalue weighted by Crippen LogP contribution is -2.02. The third-order valence-corrected chi connectivity index (χ3v) is 3.99. The zero-order valence-electron chi connectivity index (χ0n) is 13.4. The van der Waals surface area contributed by atoms with Gasteiger partial charge in [0.15, 0.2) is 0 Å². The Hall–Kier alpha value is -2.33. The standard InChI is InChI=1S/C18H18ClN3O/c1-11-8-13(3)17(15(19)9-11)20-10-16-21-22-18(23-16)14-7-5-4-6-12(14)2/h4-9,20H,10H2,1-3H3. The lowest BCUT2D eigenvalue weighted by atomic mass is 10.1. The van der Waals surface area contributed by atoms with Crippen LogP contribution in [0.1, 0.15) is 22.6 Å². The van der Waals surface area contributed by atoms with Crippen molar-refractivity contribution in [2.24, 2.45) is 0 Å². The van der Waals surface area contributed by atoms with Crippen LogP contribution >= 0.6 is 11.6 Å². The van der Waals surface area contributed by atoms with Crippen LogP contribution in [-0.2, 0) is 6.54 Å². The van der Waals surface area contributed by atoms with Gasteiger partial charge in [-0.1, -0.05) is 35.9 Å². The molecule has 2 aromatic carbocycles. The molecule has 3 aromatic rings. The van der Waals surface area contributed by atoms with Crippen LogP contribution in [0, 0.1) is 20.8 Å². The Kier molecular flexibility index (Phi) is 4.35. The number of hydrogen-bond donors (Lipinski definition) is 1. The van der Waals surface area contributed by atoms with E-state index < -0.39 is 0 Å². The van der Waals surface area contributed by atoms with Crippen LogP contribution < -0.4 is 5.32 Å². The molecule has 23 heavy (non-hydrogen) atoms. The molecule has 0 radical (unpaired) electrons. The first-order valence-electron chi connectivity index (χ1n) is 7.43. The lowest BCUT2D eigenvalue weighted by Gasteiger charge is -2.10. The fourth-order valence-corrected chi connectivity index (χ4v) is 2.94. The molecule has 1 aromatic heterocycles. The highest BCUT2D eigenvalue weighted by Crippen LogP contribution is 2.28. The van der Waals surface area contributed by atoms with Crippen LogP contribution in [0.2, 0.25) is 5.02 Å². The van der Waals surface area contributed by atoms with Crippen molar-refractivity contribution in [1.29, 1.82) is 0 Å². The monoisotopic (exact) mass is 327 g/mol. The quantitative estimate of drug-likeness (QED) is 0.738. The van der Waals surface area contributed by atoms with Gasteiger partial charge in [-0.2, -0.15) is 0 Å². The second-order valence-electron chi connectivity index (χ2n) is 5.61. The maximum Gasteiger partial charge on any atom is 0.248 e. The minimum absolute atomic E-state index is 0.433. The fraction of sp³-hybridized carbons (Fsp3) is 0.222. The van der Waals surface area contributed by atoms with E-state index in [1.165, 1.54) is 0 Å². The largest absolute Gasteiger partial charge is 0.419 e. The average molecular weight is 328 g/mol. The van der Waals surface area contributed by atoms with Crippen LogP contribution in [-0.4, -0.2) is 10.2 Å². The summed E-state index contributed by atoms with van der Waals surface area (Å²) in [6.45, 7) is 6.50. The topological polar surface area (TPSA) is 51.0 Å². The number of aromatic nitrogens is 2. The number of benzene rings is 2. The van der Waals surface area contributed by atoms with Gasteiger partial charge in [0.05, 0.1) is 17.3 Å². The summed E-state index contributed by atoms with van der Waals surface area (Å²) < 4.78 is 5.75. The Labute approximate surface area is 140 Å². The van der Waals surface area contributed by atoms with E-state index in [-0.39, 0.29) is 0 Å². The predicted molar refractivity (Wildman–Crippen MR) is 92.7 cm³/mol. The minimum atomic E-state index is 0.433. The first kappa shape index (κ1) is 15.6. The van der Waals surface area contributed by atoms with Gasteiger partial charge in [0.25, 0.3) is 0 Å². The molecule has 1 heterocycles. The number of halogens is 1. The van der Waals surface area contributed by atoms with Gasteiger partial charge in [-0.05, 0) is 49.6 Å². The highest BCUT2D eigenvalue weighted by atomic mass is 35.5. The Morgan fingerprint density at radius 2 is 1.83 bits per heavy atom. The van der Waals surface area contributed by atoms with Gasteiger partial charge in [-0.25, -0.2) is 0 Å². The van der Waals surface area contributed by atoms with Gasteiger partial charge >= 0.3 is 0 Å². The van der Waals surface area contributed by atoms with E-state index in [4.69, 9.17) is 16.0 Å². The molecule has 0 fully saturated rings. The molecule has 0 saturated heterocycles. The zero-order valence-corrected chi connectivity index (χ0v) is 14.1. The Morgan fingerprint density at radius 1 is 1.04 bits per heavy atom. The van der Waals surface area contributed by atoms with Gasteiger partial charge in [0, 0.05) is 5.56 Å². The maximum absolute atomic E-state index is 6.29. The summed E-state index contributed by atoms with van der Waals surface area (Å²) in [4.78, 5) is 0. The van der Waals surface area contributed by atoms with Crippen molar-refractivity contribution in [2.75, 3.05) is 5.32 Å². The van der Waals surface area contributed by atoms with E-state index in [0.717, 1.165) is 27.9 Å². The number of nitrogens with zero attached hydrogens (tertiary/aromatic N) is 2. The summed E-state index contributed by atoms with van der Waals surface area (Å²) >= 11 is 6.29. The fourth-order valence-electron chi connectivity index (χ4n) is 2.55. The summed E-state index contributed by atoms with van der Waals surface area (Å²) in [5.74, 6) is 1.06. The molecule has 0 unspecified atom stereocenters. The molecule has 0 amide bonds. The van der Waals surface area contributed by atoms with Crippen LogP contribution in [0.25, 0.3) is 11.5 Å². The molecule has 0 aliphatic carbocycles. The summed E-state index contributed by atoms with van der Waals surface area (Å²) in [6, 6.07) is 12.0. The van der Waals surface area contributed by atoms with E-state index in [0.29, 0.717) is 23.3 Å². The molecule has 0 bridgehead atoms. The number of rotatable bonds is 4. The molecule has 0 aliphatic heterocycles. The van der Waals surface area contributed by atoms with Crippen molar-refractivity contribution in [3.05, 3.63) is 64.0 Å². The number of anilines is 1. The van der Waals surface area contributed by atoms with Crippen molar-refractivity contribution in [3.8, 4) is 11.5 Å². The van der Waals surface area contributed by atoms with Crippen molar-refractivity contribution in [1.82, 2.24) is 10.2 Å². The van der Waals surface area contributed by atoms with E-state index in [1.54, 1.807) is 0 Å². The van der Waals surface area contributed by atoms with E-state index in [9.17, 15) is 0 Å². The molecule has 0 spiro atoms. The lowest BCUT2D eigenvalue weighted by molar-refractivity contribution is 0.514. The van der Waals surface area contributed by atoms with Crippen LogP contribution in [0.5, 0.6) is 0 Å². The smallest absolute Gasteiger partial charge is 0.248 e. The zero-order chi connectivity index (χ0) is 16.4. The Balaban J connectivity index is 1.77. The number of nitrogens with one attached hydrogen (secondary N) is 1. The molecule has 4 nitrogen and oxygen atoms in total. The van der Waals surface area contributed by atoms with E-state index in [2.05, 4.69) is 21.6 Å². The van der Waals surface area contributed by atoms with Crippen LogP contribution in [0.3, 0.4) is 0 Å². The molecule has 3 rings (SSSR count). The predicted octanol–water partition coefficient (Wildman–Crippen LogP) is 4.93. The van der Waals surface area contributed by atoms with E-state index in [1.807, 2.05) is 51.1 Å². The Bertz CT molecular complexity index is 819. The van der Waals surface area contributed by atoms with Crippen LogP contribution in [0.4, 0.5) is 5.69 Å². The van der Waals surface area contributed by atoms with Gasteiger partial charge in [0.1, 0.15) is 0 Å². The summed E-state index contributed by atoms with van der Waals surface area (Å²) in [5, 5.41) is 12.2. The first-order chi connectivity index (χ1) is 11.0. The molecule has 1 N–H and O–H groups in total. The number of hydrogen-bond acceptors (Lipinski definition) is 4. The van der Waals surface area contributed by atoms with Gasteiger partial charge in [0.2, 0.25) is 11.8 Å². The van der Waals surface area contributed by atoms with Crippen molar-refractivity contribution in [2.45, 2.75) is 27.3 Å². The molecule has 0 atom stereocenters. The first-order valence-corrected chi connectivity index (χ1v) is 7.81. The number of aryl methyl sites for hydroxylation is 3. The molecule has 5 heteroatoms. The highest BCUT2D eigenvalue weighted by molar-refractivity contribution is 6.33. The normalized spacial score (nSPS) is 10.8. The highest BCUT2D eigenvalue weighted by Gasteiger charge is 2.11. The molecular weight excluding hydrogens is 310 g/mol. The molecule has 118 valence electrons. The summed E-state index contributed by atoms with van der Waals surface area (Å²) in [7, 11) is 0. The maximum atomic E-state index is 6.29. The Morgan fingerprint density at radius 3 is 2.57 bits per heavy atom. The van der Waals surface area contributed by atoms with Crippen molar-refractivity contribution in [3.63, 3.8) is 0 Å². The minimum Gasteiger partial charge on any atom is -0.419 e. The SMILES string of the molecule is Cc1cc(C)c(NCc2nnc(-c3ccccc3C)o2)c(Cl)c1. The van der Waals surface area contributed by atoms with E-state index >= 15 is 0 Å². The van der Waals surface area contributed by atoms with Gasteiger partial charge in [-0.15, -0.1) is 10.2 Å². The molecular formula is C18H18ClN3O. The van der Waals surface area contributed by atoms with Crippen LogP contribution in [0.15, 0.2) is 40.8 Å².